The summed E-state index contributed by atoms with van der Waals surface area (Å²) in [5, 5.41) is 0. The van der Waals surface area contributed by atoms with Crippen LogP contribution in [-0.2, 0) is 22.4 Å². The molecule has 1 saturated carbocycles. The molecule has 134 valence electrons. The molecule has 2 unspecified atom stereocenters. The summed E-state index contributed by atoms with van der Waals surface area (Å²) in [5.41, 5.74) is 3.40. The first-order chi connectivity index (χ1) is 12.6. The molecule has 2 aliphatic rings. The lowest BCUT2D eigenvalue weighted by Gasteiger charge is -2.19. The average Bonchev–Trinajstić information content (AvgIpc) is 3.37. The maximum absolute atomic E-state index is 12.8. The van der Waals surface area contributed by atoms with Crippen molar-refractivity contribution in [2.75, 3.05) is 25.0 Å². The molecule has 0 radical (unpaired) electrons. The molecule has 2 heterocycles. The van der Waals surface area contributed by atoms with E-state index in [0.717, 1.165) is 30.6 Å². The fourth-order valence-electron chi connectivity index (χ4n) is 3.75. The van der Waals surface area contributed by atoms with Gasteiger partial charge in [0.05, 0.1) is 11.8 Å². The number of likely N-dealkylation sites (N-methyl/N-ethyl adjacent to an activating group) is 1. The van der Waals surface area contributed by atoms with E-state index in [-0.39, 0.29) is 23.7 Å². The number of nitrogens with zero attached hydrogens (tertiary/aromatic N) is 3. The van der Waals surface area contributed by atoms with Crippen LogP contribution in [0.5, 0.6) is 0 Å². The van der Waals surface area contributed by atoms with Crippen molar-refractivity contribution in [1.82, 2.24) is 9.88 Å². The second-order valence-electron chi connectivity index (χ2n) is 7.18. The van der Waals surface area contributed by atoms with Crippen LogP contribution in [0, 0.1) is 11.8 Å². The summed E-state index contributed by atoms with van der Waals surface area (Å²) < 4.78 is 0. The van der Waals surface area contributed by atoms with Crippen molar-refractivity contribution in [1.29, 1.82) is 0 Å². The van der Waals surface area contributed by atoms with Crippen molar-refractivity contribution >= 4 is 17.5 Å². The van der Waals surface area contributed by atoms with Gasteiger partial charge in [0.1, 0.15) is 0 Å². The average molecular weight is 349 g/mol. The highest BCUT2D eigenvalue weighted by molar-refractivity contribution is 6.02. The minimum absolute atomic E-state index is 0.0879. The molecule has 0 bridgehead atoms. The molecule has 2 aromatic rings. The van der Waals surface area contributed by atoms with Gasteiger partial charge in [0.25, 0.3) is 0 Å². The Balaban J connectivity index is 1.33. The summed E-state index contributed by atoms with van der Waals surface area (Å²) in [6.07, 6.45) is 5.91. The number of aromatic nitrogens is 1. The summed E-state index contributed by atoms with van der Waals surface area (Å²) in [6, 6.07) is 12.0. The van der Waals surface area contributed by atoms with Crippen LogP contribution in [0.4, 0.5) is 5.69 Å². The van der Waals surface area contributed by atoms with Crippen molar-refractivity contribution in [3.05, 3.63) is 59.9 Å². The number of pyridine rings is 1. The number of hydrogen-bond acceptors (Lipinski definition) is 3. The summed E-state index contributed by atoms with van der Waals surface area (Å²) in [4.78, 5) is 33.1. The van der Waals surface area contributed by atoms with E-state index in [1.165, 1.54) is 5.56 Å². The second-order valence-corrected chi connectivity index (χ2v) is 7.18. The van der Waals surface area contributed by atoms with Crippen molar-refractivity contribution < 1.29 is 9.59 Å². The molecule has 1 fully saturated rings. The first kappa shape index (κ1) is 16.8. The zero-order chi connectivity index (χ0) is 18.1. The van der Waals surface area contributed by atoms with Gasteiger partial charge in [-0.15, -0.1) is 0 Å². The van der Waals surface area contributed by atoms with Gasteiger partial charge in [-0.1, -0.05) is 18.2 Å². The number of amides is 2. The lowest BCUT2D eigenvalue weighted by Crippen LogP contribution is -2.34. The predicted octanol–water partition coefficient (Wildman–Crippen LogP) is 2.31. The quantitative estimate of drug-likeness (QED) is 0.832. The van der Waals surface area contributed by atoms with Gasteiger partial charge >= 0.3 is 0 Å². The minimum Gasteiger partial charge on any atom is -0.345 e. The highest BCUT2D eigenvalue weighted by Gasteiger charge is 2.51. The van der Waals surface area contributed by atoms with Crippen LogP contribution < -0.4 is 4.90 Å². The van der Waals surface area contributed by atoms with Gasteiger partial charge in [0.2, 0.25) is 11.8 Å². The molecule has 0 N–H and O–H groups in total. The maximum atomic E-state index is 12.8. The fraction of sp³-hybridized carbons (Fsp3) is 0.381. The molecule has 1 aliphatic heterocycles. The molecule has 0 spiro atoms. The Hall–Kier alpha value is -2.69. The molecular formula is C21H23N3O2. The SMILES string of the molecule is CN(CCc1ccncc1)C(=O)C1CC1C(=O)N1CCc2ccccc21. The van der Waals surface area contributed by atoms with Crippen LogP contribution in [0.15, 0.2) is 48.8 Å². The molecule has 26 heavy (non-hydrogen) atoms. The van der Waals surface area contributed by atoms with E-state index in [4.69, 9.17) is 0 Å². The molecule has 5 nitrogen and oxygen atoms in total. The van der Waals surface area contributed by atoms with E-state index in [9.17, 15) is 9.59 Å². The third-order valence-corrected chi connectivity index (χ3v) is 5.44. The van der Waals surface area contributed by atoms with Crippen LogP contribution in [-0.4, -0.2) is 41.8 Å². The summed E-state index contributed by atoms with van der Waals surface area (Å²) in [7, 11) is 1.83. The van der Waals surface area contributed by atoms with Gasteiger partial charge in [0, 0.05) is 38.2 Å². The van der Waals surface area contributed by atoms with E-state index < -0.39 is 0 Å². The number of carbonyl (C=O) groups is 2. The third kappa shape index (κ3) is 3.21. The highest BCUT2D eigenvalue weighted by atomic mass is 16.2. The zero-order valence-electron chi connectivity index (χ0n) is 15.0. The van der Waals surface area contributed by atoms with Crippen molar-refractivity contribution in [2.45, 2.75) is 19.3 Å². The van der Waals surface area contributed by atoms with Crippen LogP contribution in [0.2, 0.25) is 0 Å². The fourth-order valence-corrected chi connectivity index (χ4v) is 3.75. The van der Waals surface area contributed by atoms with Crippen LogP contribution in [0.25, 0.3) is 0 Å². The van der Waals surface area contributed by atoms with Gasteiger partial charge < -0.3 is 9.80 Å². The smallest absolute Gasteiger partial charge is 0.230 e. The van der Waals surface area contributed by atoms with Crippen LogP contribution in [0.3, 0.4) is 0 Å². The third-order valence-electron chi connectivity index (χ3n) is 5.44. The lowest BCUT2D eigenvalue weighted by atomic mass is 10.1. The van der Waals surface area contributed by atoms with Crippen LogP contribution in [0.1, 0.15) is 17.5 Å². The molecule has 1 aromatic carbocycles. The normalized spacial score (nSPS) is 20.6. The molecule has 1 aromatic heterocycles. The van der Waals surface area contributed by atoms with Gasteiger partial charge in [0.15, 0.2) is 0 Å². The summed E-state index contributed by atoms with van der Waals surface area (Å²) in [5.74, 6) is -0.115. The number of anilines is 1. The molecule has 5 heteroatoms. The lowest BCUT2D eigenvalue weighted by molar-refractivity contribution is -0.133. The first-order valence-corrected chi connectivity index (χ1v) is 9.18. The molecule has 1 aliphatic carbocycles. The molecule has 2 atom stereocenters. The molecule has 4 rings (SSSR count). The number of hydrogen-bond donors (Lipinski definition) is 0. The Labute approximate surface area is 153 Å². The Morgan fingerprint density at radius 3 is 2.73 bits per heavy atom. The number of benzene rings is 1. The van der Waals surface area contributed by atoms with Crippen LogP contribution >= 0.6 is 0 Å². The van der Waals surface area contributed by atoms with Gasteiger partial charge in [-0.3, -0.25) is 14.6 Å². The second kappa shape index (κ2) is 6.90. The predicted molar refractivity (Wildman–Crippen MR) is 99.7 cm³/mol. The maximum Gasteiger partial charge on any atom is 0.230 e. The number of para-hydroxylation sites is 1. The minimum atomic E-state index is -0.156. The van der Waals surface area contributed by atoms with E-state index in [0.29, 0.717) is 13.0 Å². The molecule has 2 amide bonds. The Bertz CT molecular complexity index is 821. The zero-order valence-corrected chi connectivity index (χ0v) is 15.0. The summed E-state index contributed by atoms with van der Waals surface area (Å²) in [6.45, 7) is 1.39. The largest absolute Gasteiger partial charge is 0.345 e. The van der Waals surface area contributed by atoms with E-state index in [1.807, 2.05) is 42.3 Å². The van der Waals surface area contributed by atoms with Gasteiger partial charge in [-0.2, -0.15) is 0 Å². The highest BCUT2D eigenvalue weighted by Crippen LogP contribution is 2.43. The topological polar surface area (TPSA) is 53.5 Å². The Morgan fingerprint density at radius 2 is 1.92 bits per heavy atom. The van der Waals surface area contributed by atoms with Crippen molar-refractivity contribution in [2.24, 2.45) is 11.8 Å². The van der Waals surface area contributed by atoms with Crippen molar-refractivity contribution in [3.8, 4) is 0 Å². The van der Waals surface area contributed by atoms with Gasteiger partial charge in [-0.05, 0) is 48.6 Å². The van der Waals surface area contributed by atoms with E-state index in [1.54, 1.807) is 17.3 Å². The molecule has 0 saturated heterocycles. The number of carbonyl (C=O) groups excluding carboxylic acids is 2. The van der Waals surface area contributed by atoms with Crippen molar-refractivity contribution in [3.63, 3.8) is 0 Å². The molecular weight excluding hydrogens is 326 g/mol. The number of fused-ring (bicyclic) bond motifs is 1. The first-order valence-electron chi connectivity index (χ1n) is 9.18. The monoisotopic (exact) mass is 349 g/mol. The Kier molecular flexibility index (Phi) is 4.45. The summed E-state index contributed by atoms with van der Waals surface area (Å²) >= 11 is 0. The van der Waals surface area contributed by atoms with E-state index in [2.05, 4.69) is 11.1 Å². The number of rotatable bonds is 5. The van der Waals surface area contributed by atoms with Gasteiger partial charge in [-0.25, -0.2) is 0 Å². The Morgan fingerprint density at radius 1 is 1.15 bits per heavy atom. The van der Waals surface area contributed by atoms with E-state index >= 15 is 0 Å². The standard InChI is InChI=1S/C21H23N3O2/c1-23(12-8-15-6-10-22-11-7-15)20(25)17-14-18(17)21(26)24-13-9-16-4-2-3-5-19(16)24/h2-7,10-11,17-18H,8-9,12-14H2,1H3.